The third kappa shape index (κ3) is 4.58. The molecule has 6 rings (SSSR count). The van der Waals surface area contributed by atoms with E-state index in [-0.39, 0.29) is 12.2 Å². The number of fused-ring (bicyclic) bond motifs is 3. The van der Waals surface area contributed by atoms with Crippen molar-refractivity contribution in [3.8, 4) is 11.5 Å². The molecule has 1 aliphatic rings. The molecule has 0 saturated carbocycles. The monoisotopic (exact) mass is 578 g/mol. The molecular weight excluding hydrogens is 548 g/mol. The molecule has 1 aromatic heterocycles. The van der Waals surface area contributed by atoms with Crippen molar-refractivity contribution in [2.24, 2.45) is 4.99 Å². The van der Waals surface area contributed by atoms with Crippen LogP contribution in [0.15, 0.2) is 93.9 Å². The lowest BCUT2D eigenvalue weighted by Crippen LogP contribution is -2.40. The predicted molar refractivity (Wildman–Crippen MR) is 166 cm³/mol. The number of nitrogens with zero attached hydrogens (tertiary/aromatic N) is 2. The largest absolute Gasteiger partial charge is 0.493 e. The summed E-state index contributed by atoms with van der Waals surface area (Å²) in [5.74, 6) is 0.457. The third-order valence-corrected chi connectivity index (χ3v) is 8.40. The number of carbonyl (C=O) groups is 1. The van der Waals surface area contributed by atoms with E-state index in [0.29, 0.717) is 44.3 Å². The van der Waals surface area contributed by atoms with Crippen LogP contribution in [0.25, 0.3) is 27.6 Å². The Morgan fingerprint density at radius 1 is 0.976 bits per heavy atom. The lowest BCUT2D eigenvalue weighted by molar-refractivity contribution is -0.139. The Kier molecular flexibility index (Phi) is 7.39. The first kappa shape index (κ1) is 27.5. The molecule has 0 saturated heterocycles. The van der Waals surface area contributed by atoms with E-state index in [1.165, 1.54) is 11.3 Å². The summed E-state index contributed by atoms with van der Waals surface area (Å²) in [5, 5.41) is 4.28. The molecule has 0 aliphatic carbocycles. The van der Waals surface area contributed by atoms with Gasteiger partial charge in [0.05, 0.1) is 36.1 Å². The summed E-state index contributed by atoms with van der Waals surface area (Å²) in [5.41, 5.74) is 2.12. The molecule has 2 heterocycles. The van der Waals surface area contributed by atoms with Gasteiger partial charge < -0.3 is 14.2 Å². The summed E-state index contributed by atoms with van der Waals surface area (Å²) >= 11 is 1.30. The molecule has 0 N–H and O–H groups in total. The Balaban J connectivity index is 1.66. The van der Waals surface area contributed by atoms with Gasteiger partial charge in [0.15, 0.2) is 16.3 Å². The van der Waals surface area contributed by atoms with Gasteiger partial charge in [0.2, 0.25) is 0 Å². The van der Waals surface area contributed by atoms with Gasteiger partial charge in [0.25, 0.3) is 5.56 Å². The first-order valence-electron chi connectivity index (χ1n) is 13.9. The van der Waals surface area contributed by atoms with Crippen LogP contribution < -0.4 is 24.4 Å². The van der Waals surface area contributed by atoms with E-state index in [4.69, 9.17) is 19.2 Å². The van der Waals surface area contributed by atoms with E-state index in [0.717, 1.165) is 27.1 Å². The molecule has 5 aromatic rings. The quantitative estimate of drug-likeness (QED) is 0.188. The topological polar surface area (TPSA) is 79.1 Å². The van der Waals surface area contributed by atoms with Crippen molar-refractivity contribution < 1.29 is 19.0 Å². The highest BCUT2D eigenvalue weighted by Gasteiger charge is 2.36. The Bertz CT molecular complexity index is 2020. The zero-order valence-electron chi connectivity index (χ0n) is 23.8. The number of rotatable bonds is 7. The normalized spacial score (nSPS) is 15.0. The second-order valence-electron chi connectivity index (χ2n) is 9.85. The lowest BCUT2D eigenvalue weighted by atomic mass is 9.94. The molecule has 0 amide bonds. The van der Waals surface area contributed by atoms with Gasteiger partial charge >= 0.3 is 5.97 Å². The van der Waals surface area contributed by atoms with Crippen molar-refractivity contribution in [1.82, 2.24) is 4.57 Å². The van der Waals surface area contributed by atoms with Crippen LogP contribution in [0.5, 0.6) is 11.5 Å². The standard InChI is InChI=1S/C34H30N2O5S/c1-5-40-31-25(16-11-17-27(31)39-4)30-29(33(38)41-6-2)20(3)35-34-36(30)32(37)28(42-34)19-26-23-14-9-7-12-21(23)18-22-13-8-10-15-24(22)26/h7-19,30H,5-6H2,1-4H3/t30-/m0/s1. The van der Waals surface area contributed by atoms with Crippen molar-refractivity contribution in [1.29, 1.82) is 0 Å². The van der Waals surface area contributed by atoms with E-state index in [2.05, 4.69) is 30.3 Å². The molecule has 0 spiro atoms. The Morgan fingerprint density at radius 3 is 2.31 bits per heavy atom. The number of para-hydroxylation sites is 1. The predicted octanol–water partition coefficient (Wildman–Crippen LogP) is 5.51. The highest BCUT2D eigenvalue weighted by Crippen LogP contribution is 2.41. The molecule has 1 atom stereocenters. The van der Waals surface area contributed by atoms with Crippen LogP contribution in [0, 0.1) is 0 Å². The molecule has 7 nitrogen and oxygen atoms in total. The lowest BCUT2D eigenvalue weighted by Gasteiger charge is -2.26. The van der Waals surface area contributed by atoms with Crippen molar-refractivity contribution in [3.05, 3.63) is 115 Å². The first-order chi connectivity index (χ1) is 20.5. The maximum Gasteiger partial charge on any atom is 0.338 e. The van der Waals surface area contributed by atoms with Crippen LogP contribution in [0.4, 0.5) is 0 Å². The van der Waals surface area contributed by atoms with E-state index >= 15 is 0 Å². The average molecular weight is 579 g/mol. The summed E-state index contributed by atoms with van der Waals surface area (Å²) in [6.07, 6.45) is 1.95. The van der Waals surface area contributed by atoms with E-state index in [9.17, 15) is 9.59 Å². The minimum Gasteiger partial charge on any atom is -0.493 e. The molecule has 42 heavy (non-hydrogen) atoms. The summed E-state index contributed by atoms with van der Waals surface area (Å²) in [6, 6.07) is 23.1. The highest BCUT2D eigenvalue weighted by molar-refractivity contribution is 7.07. The molecule has 1 aliphatic heterocycles. The first-order valence-corrected chi connectivity index (χ1v) is 14.7. The van der Waals surface area contributed by atoms with Gasteiger partial charge in [-0.15, -0.1) is 0 Å². The Hall–Kier alpha value is -4.69. The van der Waals surface area contributed by atoms with Gasteiger partial charge in [-0.2, -0.15) is 0 Å². The number of hydrogen-bond donors (Lipinski definition) is 0. The van der Waals surface area contributed by atoms with Gasteiger partial charge in [-0.1, -0.05) is 72.0 Å². The van der Waals surface area contributed by atoms with Crippen LogP contribution in [-0.2, 0) is 9.53 Å². The van der Waals surface area contributed by atoms with Gasteiger partial charge in [0, 0.05) is 5.56 Å². The summed E-state index contributed by atoms with van der Waals surface area (Å²) < 4.78 is 19.2. The van der Waals surface area contributed by atoms with E-state index in [1.54, 1.807) is 31.6 Å². The van der Waals surface area contributed by atoms with Crippen molar-refractivity contribution >= 4 is 44.9 Å². The van der Waals surface area contributed by atoms with Crippen molar-refractivity contribution in [2.45, 2.75) is 26.8 Å². The number of benzene rings is 4. The maximum absolute atomic E-state index is 14.4. The number of ether oxygens (including phenoxy) is 3. The number of carbonyl (C=O) groups excluding carboxylic acids is 1. The molecule has 8 heteroatoms. The highest BCUT2D eigenvalue weighted by atomic mass is 32.1. The molecule has 0 fully saturated rings. The molecule has 4 aromatic carbocycles. The smallest absolute Gasteiger partial charge is 0.338 e. The van der Waals surface area contributed by atoms with Crippen molar-refractivity contribution in [3.63, 3.8) is 0 Å². The minimum absolute atomic E-state index is 0.192. The zero-order chi connectivity index (χ0) is 29.4. The summed E-state index contributed by atoms with van der Waals surface area (Å²) in [6.45, 7) is 5.97. The van der Waals surface area contributed by atoms with Crippen LogP contribution >= 0.6 is 11.3 Å². The van der Waals surface area contributed by atoms with Gasteiger partial charge in [0.1, 0.15) is 6.04 Å². The molecule has 212 valence electrons. The minimum atomic E-state index is -0.816. The van der Waals surface area contributed by atoms with E-state index in [1.807, 2.05) is 49.4 Å². The molecule has 0 radical (unpaired) electrons. The second-order valence-corrected chi connectivity index (χ2v) is 10.9. The number of aromatic nitrogens is 1. The molecule has 0 bridgehead atoms. The van der Waals surface area contributed by atoms with Gasteiger partial charge in [-0.25, -0.2) is 9.79 Å². The number of hydrogen-bond acceptors (Lipinski definition) is 7. The van der Waals surface area contributed by atoms with Gasteiger partial charge in [-0.05, 0) is 66.1 Å². The number of allylic oxidation sites excluding steroid dienone is 1. The third-order valence-electron chi connectivity index (χ3n) is 7.42. The number of methoxy groups -OCH3 is 1. The van der Waals surface area contributed by atoms with Crippen molar-refractivity contribution in [2.75, 3.05) is 20.3 Å². The summed E-state index contributed by atoms with van der Waals surface area (Å²) in [7, 11) is 1.56. The fraction of sp³-hybridized carbons (Fsp3) is 0.206. The van der Waals surface area contributed by atoms with E-state index < -0.39 is 12.0 Å². The fourth-order valence-corrected chi connectivity index (χ4v) is 6.66. The Morgan fingerprint density at radius 2 is 1.67 bits per heavy atom. The van der Waals surface area contributed by atoms with Crippen LogP contribution in [0.2, 0.25) is 0 Å². The SMILES string of the molecule is CCOC(=O)C1=C(C)N=c2sc(=Cc3c4ccccc4cc4ccccc34)c(=O)n2[C@H]1c1cccc(OC)c1OCC. The average Bonchev–Trinajstić information content (AvgIpc) is 3.30. The summed E-state index contributed by atoms with van der Waals surface area (Å²) in [4.78, 5) is 33.0. The van der Waals surface area contributed by atoms with Gasteiger partial charge in [-0.3, -0.25) is 9.36 Å². The van der Waals surface area contributed by atoms with Crippen LogP contribution in [0.1, 0.15) is 37.9 Å². The molecule has 0 unspecified atom stereocenters. The molecular formula is C34H30N2O5S. The van der Waals surface area contributed by atoms with Crippen LogP contribution in [0.3, 0.4) is 0 Å². The second kappa shape index (κ2) is 11.3. The number of esters is 1. The fourth-order valence-electron chi connectivity index (χ4n) is 5.63. The number of thiazole rings is 1. The Labute approximate surface area is 246 Å². The maximum atomic E-state index is 14.4. The zero-order valence-corrected chi connectivity index (χ0v) is 24.7. The van der Waals surface area contributed by atoms with Crippen LogP contribution in [-0.4, -0.2) is 30.9 Å².